The van der Waals surface area contributed by atoms with E-state index in [1.54, 1.807) is 4.90 Å². The van der Waals surface area contributed by atoms with Gasteiger partial charge in [0, 0.05) is 12.6 Å². The van der Waals surface area contributed by atoms with E-state index in [4.69, 9.17) is 0 Å². The molecule has 22 heavy (non-hydrogen) atoms. The van der Waals surface area contributed by atoms with Gasteiger partial charge in [0.05, 0.1) is 0 Å². The zero-order chi connectivity index (χ0) is 16.5. The van der Waals surface area contributed by atoms with Crippen LogP contribution in [0.5, 0.6) is 0 Å². The molecule has 124 valence electrons. The van der Waals surface area contributed by atoms with Gasteiger partial charge in [-0.15, -0.1) is 0 Å². The van der Waals surface area contributed by atoms with Crippen molar-refractivity contribution in [2.45, 2.75) is 64.4 Å². The smallest absolute Gasteiger partial charge is 0.379 e. The molecular weight excluding hydrogens is 291 g/mol. The van der Waals surface area contributed by atoms with Crippen molar-refractivity contribution in [2.75, 3.05) is 6.54 Å². The third-order valence-electron chi connectivity index (χ3n) is 4.79. The summed E-state index contributed by atoms with van der Waals surface area (Å²) in [5, 5.41) is 10.1. The van der Waals surface area contributed by atoms with Gasteiger partial charge in [-0.05, 0) is 56.8 Å². The predicted octanol–water partition coefficient (Wildman–Crippen LogP) is 3.97. The molecule has 1 fully saturated rings. The first kappa shape index (κ1) is 17.3. The van der Waals surface area contributed by atoms with E-state index in [-0.39, 0.29) is 0 Å². The molecular formula is C17H24F3NO. The predicted molar refractivity (Wildman–Crippen MR) is 80.6 cm³/mol. The van der Waals surface area contributed by atoms with Crippen LogP contribution in [-0.2, 0) is 6.54 Å². The van der Waals surface area contributed by atoms with Crippen LogP contribution < -0.4 is 0 Å². The quantitative estimate of drug-likeness (QED) is 0.912. The molecule has 0 bridgehead atoms. The largest absolute Gasteiger partial charge is 0.418 e. The topological polar surface area (TPSA) is 23.5 Å². The van der Waals surface area contributed by atoms with Gasteiger partial charge >= 0.3 is 6.18 Å². The molecule has 1 heterocycles. The van der Waals surface area contributed by atoms with Crippen LogP contribution in [0.1, 0.15) is 42.9 Å². The summed E-state index contributed by atoms with van der Waals surface area (Å²) in [4.78, 5) is 1.78. The Morgan fingerprint density at radius 3 is 2.45 bits per heavy atom. The molecule has 2 unspecified atom stereocenters. The van der Waals surface area contributed by atoms with Crippen LogP contribution in [-0.4, -0.2) is 34.4 Å². The Morgan fingerprint density at radius 1 is 1.18 bits per heavy atom. The fraction of sp³-hybridized carbons (Fsp3) is 0.647. The molecule has 0 amide bonds. The van der Waals surface area contributed by atoms with Gasteiger partial charge in [0.25, 0.3) is 0 Å². The van der Waals surface area contributed by atoms with Crippen LogP contribution in [0.2, 0.25) is 0 Å². The summed E-state index contributed by atoms with van der Waals surface area (Å²) in [5.41, 5.74) is 0.621. The first-order valence-corrected chi connectivity index (χ1v) is 7.72. The van der Waals surface area contributed by atoms with Crippen molar-refractivity contribution in [3.63, 3.8) is 0 Å². The van der Waals surface area contributed by atoms with Gasteiger partial charge < -0.3 is 5.11 Å². The van der Waals surface area contributed by atoms with E-state index in [0.717, 1.165) is 30.9 Å². The van der Waals surface area contributed by atoms with Gasteiger partial charge in [0.1, 0.15) is 0 Å². The molecule has 0 aliphatic carbocycles. The number of aliphatic hydroxyl groups is 1. The Balaban J connectivity index is 2.21. The highest BCUT2D eigenvalue weighted by molar-refractivity contribution is 5.30. The molecule has 5 heteroatoms. The van der Waals surface area contributed by atoms with Crippen molar-refractivity contribution in [1.29, 1.82) is 0 Å². The molecule has 1 aliphatic heterocycles. The summed E-state index contributed by atoms with van der Waals surface area (Å²) >= 11 is 0. The normalized spacial score (nSPS) is 23.3. The molecule has 0 spiro atoms. The number of hydrogen-bond donors (Lipinski definition) is 1. The van der Waals surface area contributed by atoms with Gasteiger partial charge in [0.2, 0.25) is 0 Å². The third kappa shape index (κ3) is 3.46. The molecule has 1 saturated heterocycles. The average molecular weight is 315 g/mol. The molecule has 2 rings (SSSR count). The molecule has 1 N–H and O–H groups in total. The zero-order valence-corrected chi connectivity index (χ0v) is 13.4. The van der Waals surface area contributed by atoms with Crippen molar-refractivity contribution in [3.05, 3.63) is 34.9 Å². The van der Waals surface area contributed by atoms with Crippen molar-refractivity contribution < 1.29 is 18.3 Å². The number of nitrogens with zero attached hydrogens (tertiary/aromatic N) is 1. The fourth-order valence-electron chi connectivity index (χ4n) is 3.14. The van der Waals surface area contributed by atoms with Crippen LogP contribution in [0.25, 0.3) is 0 Å². The summed E-state index contributed by atoms with van der Waals surface area (Å²) in [6, 6.07) is 5.08. The van der Waals surface area contributed by atoms with Crippen LogP contribution in [0.3, 0.4) is 0 Å². The van der Waals surface area contributed by atoms with Crippen molar-refractivity contribution in [1.82, 2.24) is 4.90 Å². The monoisotopic (exact) mass is 315 g/mol. The van der Waals surface area contributed by atoms with E-state index in [1.807, 2.05) is 32.0 Å². The standard InChI is InChI=1S/C17H24F3NO/c1-12-7-8-14(10-13(12)2)11-21-9-5-4-6-15(21)16(3,22)17(18,19)20/h7-8,10,15,22H,4-6,9,11H2,1-3H3. The van der Waals surface area contributed by atoms with Gasteiger partial charge in [-0.1, -0.05) is 24.6 Å². The Labute approximate surface area is 129 Å². The Bertz CT molecular complexity index is 525. The SMILES string of the molecule is Cc1ccc(CN2CCCCC2C(C)(O)C(F)(F)F)cc1C. The Hall–Kier alpha value is -1.07. The maximum Gasteiger partial charge on any atom is 0.418 e. The highest BCUT2D eigenvalue weighted by Gasteiger charge is 2.56. The molecule has 1 aliphatic rings. The number of halogens is 3. The van der Waals surface area contributed by atoms with Crippen LogP contribution >= 0.6 is 0 Å². The lowest BCUT2D eigenvalue weighted by Crippen LogP contribution is -2.60. The van der Waals surface area contributed by atoms with E-state index in [9.17, 15) is 18.3 Å². The highest BCUT2D eigenvalue weighted by atomic mass is 19.4. The number of benzene rings is 1. The second-order valence-corrected chi connectivity index (χ2v) is 6.55. The second kappa shape index (κ2) is 6.20. The highest BCUT2D eigenvalue weighted by Crippen LogP contribution is 2.39. The van der Waals surface area contributed by atoms with E-state index in [0.29, 0.717) is 19.5 Å². The van der Waals surface area contributed by atoms with E-state index in [1.165, 1.54) is 5.56 Å². The zero-order valence-electron chi connectivity index (χ0n) is 13.4. The lowest BCUT2D eigenvalue weighted by Gasteiger charge is -2.44. The van der Waals surface area contributed by atoms with Crippen molar-refractivity contribution in [2.24, 2.45) is 0 Å². The molecule has 2 nitrogen and oxygen atoms in total. The van der Waals surface area contributed by atoms with E-state index >= 15 is 0 Å². The van der Waals surface area contributed by atoms with Crippen molar-refractivity contribution in [3.8, 4) is 0 Å². The minimum Gasteiger partial charge on any atom is -0.379 e. The Morgan fingerprint density at radius 2 is 1.86 bits per heavy atom. The van der Waals surface area contributed by atoms with Crippen LogP contribution in [0, 0.1) is 13.8 Å². The number of hydrogen-bond acceptors (Lipinski definition) is 2. The summed E-state index contributed by atoms with van der Waals surface area (Å²) in [5.74, 6) is 0. The lowest BCUT2D eigenvalue weighted by atomic mass is 9.86. The average Bonchev–Trinajstić information content (AvgIpc) is 2.42. The minimum absolute atomic E-state index is 0.372. The van der Waals surface area contributed by atoms with Gasteiger partial charge in [-0.25, -0.2) is 0 Å². The molecule has 0 saturated carbocycles. The summed E-state index contributed by atoms with van der Waals surface area (Å²) in [7, 11) is 0. The van der Waals surface area contributed by atoms with Crippen LogP contribution in [0.15, 0.2) is 18.2 Å². The fourth-order valence-corrected chi connectivity index (χ4v) is 3.14. The summed E-state index contributed by atoms with van der Waals surface area (Å²) in [6.45, 7) is 5.94. The minimum atomic E-state index is -4.61. The number of rotatable bonds is 3. The van der Waals surface area contributed by atoms with E-state index < -0.39 is 17.8 Å². The maximum atomic E-state index is 13.2. The number of aryl methyl sites for hydroxylation is 2. The van der Waals surface area contributed by atoms with Gasteiger partial charge in [-0.3, -0.25) is 4.90 Å². The van der Waals surface area contributed by atoms with Gasteiger partial charge in [-0.2, -0.15) is 13.2 Å². The Kier molecular flexibility index (Phi) is 4.87. The molecule has 1 aromatic carbocycles. The molecule has 1 aromatic rings. The van der Waals surface area contributed by atoms with Gasteiger partial charge in [0.15, 0.2) is 5.60 Å². The first-order chi connectivity index (χ1) is 10.1. The summed E-state index contributed by atoms with van der Waals surface area (Å²) in [6.07, 6.45) is -2.65. The molecule has 0 aromatic heterocycles. The number of alkyl halides is 3. The molecule has 0 radical (unpaired) electrons. The molecule has 2 atom stereocenters. The number of piperidine rings is 1. The first-order valence-electron chi connectivity index (χ1n) is 7.72. The van der Waals surface area contributed by atoms with Crippen molar-refractivity contribution >= 4 is 0 Å². The van der Waals surface area contributed by atoms with Crippen LogP contribution in [0.4, 0.5) is 13.2 Å². The number of likely N-dealkylation sites (tertiary alicyclic amines) is 1. The second-order valence-electron chi connectivity index (χ2n) is 6.55. The lowest BCUT2D eigenvalue weighted by molar-refractivity contribution is -0.277. The van der Waals surface area contributed by atoms with E-state index in [2.05, 4.69) is 0 Å². The summed E-state index contributed by atoms with van der Waals surface area (Å²) < 4.78 is 39.5. The maximum absolute atomic E-state index is 13.2. The third-order valence-corrected chi connectivity index (χ3v) is 4.79.